The first-order chi connectivity index (χ1) is 7.06. The molecule has 1 rings (SSSR count). The van der Waals surface area contributed by atoms with Crippen LogP contribution in [0.5, 0.6) is 0 Å². The van der Waals surface area contributed by atoms with Crippen molar-refractivity contribution in [2.24, 2.45) is 18.7 Å². The number of nitrogens with two attached hydrogens (primary N) is 1. The molecule has 0 aromatic carbocycles. The number of carbonyl (C=O) groups is 1. The molecule has 1 heterocycles. The van der Waals surface area contributed by atoms with Crippen LogP contribution in [0.4, 0.5) is 0 Å². The van der Waals surface area contributed by atoms with Crippen LogP contribution in [0, 0.1) is 5.92 Å². The van der Waals surface area contributed by atoms with Gasteiger partial charge in [0, 0.05) is 18.7 Å². The summed E-state index contributed by atoms with van der Waals surface area (Å²) >= 11 is 1.46. The van der Waals surface area contributed by atoms with Crippen molar-refractivity contribution >= 4 is 17.7 Å². The lowest BCUT2D eigenvalue weighted by atomic mass is 10.2. The number of aliphatic hydroxyl groups excluding tert-OH is 1. The quantitative estimate of drug-likeness (QED) is 0.703. The second-order valence-electron chi connectivity index (χ2n) is 3.36. The van der Waals surface area contributed by atoms with Crippen LogP contribution in [0.15, 0.2) is 11.4 Å². The Bertz CT molecular complexity index is 351. The van der Waals surface area contributed by atoms with Crippen LogP contribution in [0.2, 0.25) is 0 Å². The van der Waals surface area contributed by atoms with Crippen LogP contribution in [0.1, 0.15) is 12.6 Å². The van der Waals surface area contributed by atoms with E-state index in [-0.39, 0.29) is 18.4 Å². The summed E-state index contributed by atoms with van der Waals surface area (Å²) in [5, 5.41) is 9.74. The summed E-state index contributed by atoms with van der Waals surface area (Å²) in [5.74, 6) is 0.119. The Labute approximate surface area is 92.7 Å². The minimum atomic E-state index is -0.306. The number of thioether (sulfide) groups is 1. The van der Waals surface area contributed by atoms with E-state index >= 15 is 0 Å². The van der Waals surface area contributed by atoms with Crippen LogP contribution in [0.3, 0.4) is 0 Å². The minimum absolute atomic E-state index is 0.0323. The third-order valence-corrected chi connectivity index (χ3v) is 3.46. The SMILES string of the molecule is CC(CSc1ncc(CO)n1C)C(N)=O. The maximum Gasteiger partial charge on any atom is 0.221 e. The van der Waals surface area contributed by atoms with Crippen molar-refractivity contribution in [1.82, 2.24) is 9.55 Å². The van der Waals surface area contributed by atoms with Gasteiger partial charge in [-0.2, -0.15) is 0 Å². The average molecular weight is 229 g/mol. The zero-order chi connectivity index (χ0) is 11.4. The third-order valence-electron chi connectivity index (χ3n) is 2.15. The number of primary amides is 1. The second-order valence-corrected chi connectivity index (χ2v) is 4.35. The molecule has 1 atom stereocenters. The molecule has 0 aliphatic rings. The molecule has 1 unspecified atom stereocenters. The van der Waals surface area contributed by atoms with Crippen LogP contribution in [-0.2, 0) is 18.4 Å². The fourth-order valence-corrected chi connectivity index (χ4v) is 1.99. The molecular weight excluding hydrogens is 214 g/mol. The van der Waals surface area contributed by atoms with Crippen LogP contribution in [-0.4, -0.2) is 26.3 Å². The van der Waals surface area contributed by atoms with E-state index in [2.05, 4.69) is 4.98 Å². The Balaban J connectivity index is 2.58. The Morgan fingerprint density at radius 2 is 2.47 bits per heavy atom. The van der Waals surface area contributed by atoms with Crippen LogP contribution in [0.25, 0.3) is 0 Å². The lowest BCUT2D eigenvalue weighted by Crippen LogP contribution is -2.22. The van der Waals surface area contributed by atoms with Gasteiger partial charge in [-0.25, -0.2) is 4.98 Å². The van der Waals surface area contributed by atoms with Crippen LogP contribution < -0.4 is 5.73 Å². The molecule has 0 bridgehead atoms. The average Bonchev–Trinajstić information content (AvgIpc) is 2.55. The van der Waals surface area contributed by atoms with Gasteiger partial charge in [-0.3, -0.25) is 4.79 Å². The van der Waals surface area contributed by atoms with E-state index in [1.54, 1.807) is 17.7 Å². The van der Waals surface area contributed by atoms with Crippen molar-refractivity contribution in [1.29, 1.82) is 0 Å². The summed E-state index contributed by atoms with van der Waals surface area (Å²) in [7, 11) is 1.83. The first kappa shape index (κ1) is 12.1. The highest BCUT2D eigenvalue weighted by Gasteiger charge is 2.12. The Morgan fingerprint density at radius 3 is 2.93 bits per heavy atom. The third kappa shape index (κ3) is 2.97. The van der Waals surface area contributed by atoms with Crippen molar-refractivity contribution in [3.05, 3.63) is 11.9 Å². The topological polar surface area (TPSA) is 81.1 Å². The summed E-state index contributed by atoms with van der Waals surface area (Å²) in [5.41, 5.74) is 5.90. The number of imidazole rings is 1. The van der Waals surface area contributed by atoms with Gasteiger partial charge in [0.05, 0.1) is 18.5 Å². The first-order valence-corrected chi connectivity index (χ1v) is 5.58. The molecule has 84 valence electrons. The summed E-state index contributed by atoms with van der Waals surface area (Å²) < 4.78 is 1.80. The minimum Gasteiger partial charge on any atom is -0.390 e. The largest absolute Gasteiger partial charge is 0.390 e. The van der Waals surface area contributed by atoms with E-state index in [0.29, 0.717) is 5.75 Å². The normalized spacial score (nSPS) is 12.7. The number of aliphatic hydroxyl groups is 1. The zero-order valence-electron chi connectivity index (χ0n) is 8.80. The molecule has 0 spiro atoms. The van der Waals surface area contributed by atoms with Gasteiger partial charge in [0.25, 0.3) is 0 Å². The molecule has 6 heteroatoms. The van der Waals surface area contributed by atoms with Gasteiger partial charge in [0.2, 0.25) is 5.91 Å². The number of nitrogens with zero attached hydrogens (tertiary/aromatic N) is 2. The Kier molecular flexibility index (Phi) is 4.16. The van der Waals surface area contributed by atoms with Gasteiger partial charge in [-0.15, -0.1) is 0 Å². The monoisotopic (exact) mass is 229 g/mol. The summed E-state index contributed by atoms with van der Waals surface area (Å²) in [6.07, 6.45) is 1.62. The van der Waals surface area contributed by atoms with Gasteiger partial charge in [0.15, 0.2) is 5.16 Å². The van der Waals surface area contributed by atoms with Gasteiger partial charge in [0.1, 0.15) is 0 Å². The molecule has 1 aromatic heterocycles. The molecule has 3 N–H and O–H groups in total. The molecule has 5 nitrogen and oxygen atoms in total. The first-order valence-electron chi connectivity index (χ1n) is 4.59. The fraction of sp³-hybridized carbons (Fsp3) is 0.556. The standard InChI is InChI=1S/C9H15N3O2S/c1-6(8(10)14)5-15-9-11-3-7(4-13)12(9)2/h3,6,13H,4-5H2,1-2H3,(H2,10,14). The maximum absolute atomic E-state index is 10.8. The number of hydrogen-bond donors (Lipinski definition) is 2. The van der Waals surface area contributed by atoms with Crippen molar-refractivity contribution in [3.63, 3.8) is 0 Å². The van der Waals surface area contributed by atoms with E-state index in [0.717, 1.165) is 10.9 Å². The second kappa shape index (κ2) is 5.18. The van der Waals surface area contributed by atoms with Crippen molar-refractivity contribution in [2.45, 2.75) is 18.7 Å². The molecular formula is C9H15N3O2S. The van der Waals surface area contributed by atoms with E-state index in [1.165, 1.54) is 11.8 Å². The van der Waals surface area contributed by atoms with Gasteiger partial charge in [-0.1, -0.05) is 18.7 Å². The molecule has 1 amide bonds. The predicted octanol–water partition coefficient (Wildman–Crippen LogP) is 0.126. The maximum atomic E-state index is 10.8. The van der Waals surface area contributed by atoms with Crippen molar-refractivity contribution in [2.75, 3.05) is 5.75 Å². The van der Waals surface area contributed by atoms with Gasteiger partial charge >= 0.3 is 0 Å². The van der Waals surface area contributed by atoms with Crippen molar-refractivity contribution in [3.8, 4) is 0 Å². The molecule has 0 aliphatic heterocycles. The molecule has 0 fully saturated rings. The molecule has 0 saturated carbocycles. The molecule has 0 radical (unpaired) electrons. The molecule has 0 saturated heterocycles. The van der Waals surface area contributed by atoms with E-state index in [4.69, 9.17) is 10.8 Å². The number of carbonyl (C=O) groups excluding carboxylic acids is 1. The highest BCUT2D eigenvalue weighted by Crippen LogP contribution is 2.19. The van der Waals surface area contributed by atoms with E-state index in [1.807, 2.05) is 7.05 Å². The fourth-order valence-electron chi connectivity index (χ4n) is 0.988. The summed E-state index contributed by atoms with van der Waals surface area (Å²) in [6, 6.07) is 0. The van der Waals surface area contributed by atoms with Gasteiger partial charge in [-0.05, 0) is 0 Å². The molecule has 15 heavy (non-hydrogen) atoms. The van der Waals surface area contributed by atoms with E-state index < -0.39 is 0 Å². The number of rotatable bonds is 5. The highest BCUT2D eigenvalue weighted by molar-refractivity contribution is 7.99. The molecule has 0 aliphatic carbocycles. The molecule has 1 aromatic rings. The smallest absolute Gasteiger partial charge is 0.221 e. The number of hydrogen-bond acceptors (Lipinski definition) is 4. The number of aromatic nitrogens is 2. The van der Waals surface area contributed by atoms with Crippen LogP contribution >= 0.6 is 11.8 Å². The summed E-state index contributed by atoms with van der Waals surface area (Å²) in [6.45, 7) is 1.75. The number of amides is 1. The Hall–Kier alpha value is -1.01. The lowest BCUT2D eigenvalue weighted by Gasteiger charge is -2.07. The highest BCUT2D eigenvalue weighted by atomic mass is 32.2. The Morgan fingerprint density at radius 1 is 1.80 bits per heavy atom. The lowest BCUT2D eigenvalue weighted by molar-refractivity contribution is -0.120. The van der Waals surface area contributed by atoms with Gasteiger partial charge < -0.3 is 15.4 Å². The van der Waals surface area contributed by atoms with E-state index in [9.17, 15) is 4.79 Å². The summed E-state index contributed by atoms with van der Waals surface area (Å²) in [4.78, 5) is 14.9. The van der Waals surface area contributed by atoms with Crippen molar-refractivity contribution < 1.29 is 9.90 Å². The zero-order valence-corrected chi connectivity index (χ0v) is 9.62. The predicted molar refractivity (Wildman–Crippen MR) is 58.2 cm³/mol.